The van der Waals surface area contributed by atoms with E-state index in [0.717, 1.165) is 0 Å². The standard InChI is InChI=1S/C8H8ClN3O/c1-5(13)6-2-3-12-7(9)4-10-8(12)11-6/h2-5,13H,1H3. The normalized spacial score (nSPS) is 13.5. The van der Waals surface area contributed by atoms with Gasteiger partial charge in [0.2, 0.25) is 5.78 Å². The highest BCUT2D eigenvalue weighted by molar-refractivity contribution is 6.29. The number of hydrogen-bond donors (Lipinski definition) is 1. The fourth-order valence-corrected chi connectivity index (χ4v) is 1.27. The molecular formula is C8H8ClN3O. The molecule has 0 saturated carbocycles. The van der Waals surface area contributed by atoms with Crippen molar-refractivity contribution in [3.05, 3.63) is 29.3 Å². The summed E-state index contributed by atoms with van der Waals surface area (Å²) in [7, 11) is 0. The molecule has 2 heterocycles. The van der Waals surface area contributed by atoms with Crippen LogP contribution >= 0.6 is 11.6 Å². The molecule has 1 N–H and O–H groups in total. The molecule has 0 aromatic carbocycles. The SMILES string of the molecule is CC(O)c1ccn2c(Cl)cnc2n1. The van der Waals surface area contributed by atoms with Crippen molar-refractivity contribution in [2.75, 3.05) is 0 Å². The molecule has 0 spiro atoms. The second-order valence-corrected chi connectivity index (χ2v) is 3.17. The third-order valence-corrected chi connectivity index (χ3v) is 2.06. The topological polar surface area (TPSA) is 50.4 Å². The maximum Gasteiger partial charge on any atom is 0.235 e. The lowest BCUT2D eigenvalue weighted by Gasteiger charge is -2.02. The number of aliphatic hydroxyl groups is 1. The Hall–Kier alpha value is -1.13. The van der Waals surface area contributed by atoms with Crippen molar-refractivity contribution in [1.29, 1.82) is 0 Å². The Kier molecular flexibility index (Phi) is 1.94. The Bertz CT molecular complexity index is 438. The minimum absolute atomic E-state index is 0.503. The Balaban J connectivity index is 2.63. The van der Waals surface area contributed by atoms with E-state index in [2.05, 4.69) is 9.97 Å². The number of nitrogens with zero attached hydrogens (tertiary/aromatic N) is 3. The zero-order chi connectivity index (χ0) is 9.42. The van der Waals surface area contributed by atoms with Crippen LogP contribution in [0.3, 0.4) is 0 Å². The summed E-state index contributed by atoms with van der Waals surface area (Å²) in [6.45, 7) is 1.66. The van der Waals surface area contributed by atoms with Gasteiger partial charge in [-0.05, 0) is 13.0 Å². The number of aromatic nitrogens is 3. The average molecular weight is 198 g/mol. The van der Waals surface area contributed by atoms with Crippen LogP contribution in [0, 0.1) is 0 Å². The predicted octanol–water partition coefficient (Wildman–Crippen LogP) is 1.44. The van der Waals surface area contributed by atoms with Crippen molar-refractivity contribution < 1.29 is 5.11 Å². The fourth-order valence-electron chi connectivity index (χ4n) is 1.09. The van der Waals surface area contributed by atoms with Gasteiger partial charge in [-0.1, -0.05) is 11.6 Å². The highest BCUT2D eigenvalue weighted by Gasteiger charge is 2.06. The van der Waals surface area contributed by atoms with Crippen LogP contribution < -0.4 is 0 Å². The number of halogens is 1. The van der Waals surface area contributed by atoms with Gasteiger partial charge in [-0.25, -0.2) is 9.97 Å². The van der Waals surface area contributed by atoms with Gasteiger partial charge in [0.25, 0.3) is 0 Å². The maximum atomic E-state index is 9.26. The molecule has 0 fully saturated rings. The summed E-state index contributed by atoms with van der Waals surface area (Å²) in [5.74, 6) is 0.503. The Labute approximate surface area is 79.8 Å². The molecule has 2 aromatic rings. The summed E-state index contributed by atoms with van der Waals surface area (Å²) in [6.07, 6.45) is 2.68. The second-order valence-electron chi connectivity index (χ2n) is 2.78. The number of aliphatic hydroxyl groups excluding tert-OH is 1. The van der Waals surface area contributed by atoms with Crippen molar-refractivity contribution in [3.8, 4) is 0 Å². The van der Waals surface area contributed by atoms with Crippen LogP contribution in [-0.2, 0) is 0 Å². The molecule has 0 amide bonds. The molecular weight excluding hydrogens is 190 g/mol. The van der Waals surface area contributed by atoms with Gasteiger partial charge in [0, 0.05) is 6.20 Å². The van der Waals surface area contributed by atoms with Gasteiger partial charge in [-0.3, -0.25) is 4.40 Å². The quantitative estimate of drug-likeness (QED) is 0.753. The number of rotatable bonds is 1. The van der Waals surface area contributed by atoms with Crippen LogP contribution in [0.2, 0.25) is 5.15 Å². The summed E-state index contributed by atoms with van der Waals surface area (Å²) in [6, 6.07) is 1.71. The van der Waals surface area contributed by atoms with E-state index in [0.29, 0.717) is 16.6 Å². The first-order chi connectivity index (χ1) is 6.18. The molecule has 68 valence electrons. The Morgan fingerprint density at radius 1 is 1.62 bits per heavy atom. The van der Waals surface area contributed by atoms with Gasteiger partial charge in [-0.2, -0.15) is 0 Å². The Morgan fingerprint density at radius 3 is 3.08 bits per heavy atom. The lowest BCUT2D eigenvalue weighted by molar-refractivity contribution is 0.194. The molecule has 13 heavy (non-hydrogen) atoms. The summed E-state index contributed by atoms with van der Waals surface area (Å²) < 4.78 is 1.65. The summed E-state index contributed by atoms with van der Waals surface area (Å²) >= 11 is 5.80. The molecule has 0 radical (unpaired) electrons. The van der Waals surface area contributed by atoms with Crippen LogP contribution in [0.25, 0.3) is 5.78 Å². The fraction of sp³-hybridized carbons (Fsp3) is 0.250. The first kappa shape index (κ1) is 8.47. The van der Waals surface area contributed by atoms with E-state index in [1.54, 1.807) is 23.6 Å². The van der Waals surface area contributed by atoms with E-state index in [4.69, 9.17) is 11.6 Å². The molecule has 2 rings (SSSR count). The first-order valence-corrected chi connectivity index (χ1v) is 4.24. The van der Waals surface area contributed by atoms with Gasteiger partial charge in [0.05, 0.1) is 18.0 Å². The highest BCUT2D eigenvalue weighted by Crippen LogP contribution is 2.13. The zero-order valence-electron chi connectivity index (χ0n) is 6.98. The molecule has 0 aliphatic heterocycles. The molecule has 1 unspecified atom stereocenters. The summed E-state index contributed by atoms with van der Waals surface area (Å²) in [5, 5.41) is 9.77. The van der Waals surface area contributed by atoms with Crippen LogP contribution in [0.1, 0.15) is 18.7 Å². The maximum absolute atomic E-state index is 9.26. The lowest BCUT2D eigenvalue weighted by atomic mass is 10.3. The summed E-state index contributed by atoms with van der Waals surface area (Å²) in [4.78, 5) is 8.08. The van der Waals surface area contributed by atoms with Crippen molar-refractivity contribution in [2.24, 2.45) is 0 Å². The monoisotopic (exact) mass is 197 g/mol. The zero-order valence-corrected chi connectivity index (χ0v) is 7.73. The minimum Gasteiger partial charge on any atom is -0.387 e. The van der Waals surface area contributed by atoms with E-state index in [1.807, 2.05) is 0 Å². The van der Waals surface area contributed by atoms with Gasteiger partial charge >= 0.3 is 0 Å². The second kappa shape index (κ2) is 2.97. The van der Waals surface area contributed by atoms with Crippen LogP contribution in [0.15, 0.2) is 18.5 Å². The smallest absolute Gasteiger partial charge is 0.235 e. The number of fused-ring (bicyclic) bond motifs is 1. The van der Waals surface area contributed by atoms with E-state index in [1.165, 1.54) is 6.20 Å². The third kappa shape index (κ3) is 1.38. The van der Waals surface area contributed by atoms with Gasteiger partial charge in [-0.15, -0.1) is 0 Å². The van der Waals surface area contributed by atoms with Crippen LogP contribution in [0.4, 0.5) is 0 Å². The molecule has 0 aliphatic rings. The van der Waals surface area contributed by atoms with Crippen LogP contribution in [0.5, 0.6) is 0 Å². The van der Waals surface area contributed by atoms with E-state index < -0.39 is 6.10 Å². The first-order valence-electron chi connectivity index (χ1n) is 3.86. The molecule has 1 atom stereocenters. The number of imidazole rings is 1. The lowest BCUT2D eigenvalue weighted by Crippen LogP contribution is -1.98. The van der Waals surface area contributed by atoms with E-state index in [-0.39, 0.29) is 0 Å². The third-order valence-electron chi connectivity index (χ3n) is 1.78. The van der Waals surface area contributed by atoms with Crippen molar-refractivity contribution in [2.45, 2.75) is 13.0 Å². The van der Waals surface area contributed by atoms with Gasteiger partial charge in [0.15, 0.2) is 0 Å². The van der Waals surface area contributed by atoms with E-state index >= 15 is 0 Å². The molecule has 5 heteroatoms. The van der Waals surface area contributed by atoms with Crippen molar-refractivity contribution in [1.82, 2.24) is 14.4 Å². The minimum atomic E-state index is -0.583. The van der Waals surface area contributed by atoms with Gasteiger partial charge < -0.3 is 5.11 Å². The molecule has 0 aliphatic carbocycles. The van der Waals surface area contributed by atoms with Crippen LogP contribution in [-0.4, -0.2) is 19.5 Å². The average Bonchev–Trinajstić information content (AvgIpc) is 2.47. The predicted molar refractivity (Wildman–Crippen MR) is 48.6 cm³/mol. The highest BCUT2D eigenvalue weighted by atomic mass is 35.5. The van der Waals surface area contributed by atoms with Crippen molar-refractivity contribution >= 4 is 17.4 Å². The van der Waals surface area contributed by atoms with Crippen molar-refractivity contribution in [3.63, 3.8) is 0 Å². The molecule has 2 aromatic heterocycles. The molecule has 0 saturated heterocycles. The summed E-state index contributed by atoms with van der Waals surface area (Å²) in [5.41, 5.74) is 0.592. The molecule has 0 bridgehead atoms. The van der Waals surface area contributed by atoms with E-state index in [9.17, 15) is 5.11 Å². The number of hydrogen-bond acceptors (Lipinski definition) is 3. The molecule has 4 nitrogen and oxygen atoms in total. The van der Waals surface area contributed by atoms with Gasteiger partial charge in [0.1, 0.15) is 5.15 Å². The largest absolute Gasteiger partial charge is 0.387 e. The Morgan fingerprint density at radius 2 is 2.38 bits per heavy atom.